The first-order valence-electron chi connectivity index (χ1n) is 9.63. The molecule has 0 saturated carbocycles. The highest BCUT2D eigenvalue weighted by Crippen LogP contribution is 2.22. The molecule has 0 aliphatic carbocycles. The summed E-state index contributed by atoms with van der Waals surface area (Å²) in [6.45, 7) is 4.56. The Bertz CT molecular complexity index is 1080. The SMILES string of the molecule is CCN(CCNC(=O)c1cnc2cc(I)ccc2n1)CCOc1cccnc1[N+](=O)[O-]. The van der Waals surface area contributed by atoms with Crippen molar-refractivity contribution >= 4 is 45.3 Å². The van der Waals surface area contributed by atoms with Gasteiger partial charge in [0, 0.05) is 23.2 Å². The molecule has 0 aliphatic heterocycles. The lowest BCUT2D eigenvalue weighted by Gasteiger charge is -2.20. The van der Waals surface area contributed by atoms with Gasteiger partial charge in [0.1, 0.15) is 18.5 Å². The Morgan fingerprint density at radius 2 is 2.10 bits per heavy atom. The summed E-state index contributed by atoms with van der Waals surface area (Å²) in [6, 6.07) is 8.78. The van der Waals surface area contributed by atoms with Crippen molar-refractivity contribution < 1.29 is 14.5 Å². The lowest BCUT2D eigenvalue weighted by atomic mass is 10.3. The lowest BCUT2D eigenvalue weighted by Crippen LogP contribution is -2.37. The van der Waals surface area contributed by atoms with Gasteiger partial charge >= 0.3 is 5.82 Å². The van der Waals surface area contributed by atoms with Gasteiger partial charge in [-0.15, -0.1) is 0 Å². The number of pyridine rings is 1. The normalized spacial score (nSPS) is 10.9. The Balaban J connectivity index is 1.47. The third kappa shape index (κ3) is 6.28. The number of halogens is 1. The maximum Gasteiger partial charge on any atom is 0.406 e. The van der Waals surface area contributed by atoms with Crippen LogP contribution in [-0.2, 0) is 0 Å². The quantitative estimate of drug-likeness (QED) is 0.239. The molecule has 0 radical (unpaired) electrons. The molecule has 162 valence electrons. The van der Waals surface area contributed by atoms with Crippen LogP contribution in [0.3, 0.4) is 0 Å². The first kappa shape index (κ1) is 22.7. The summed E-state index contributed by atoms with van der Waals surface area (Å²) in [5.41, 5.74) is 1.68. The zero-order chi connectivity index (χ0) is 22.2. The molecule has 0 saturated heterocycles. The molecule has 0 bridgehead atoms. The number of carbonyl (C=O) groups is 1. The summed E-state index contributed by atoms with van der Waals surface area (Å²) in [5.74, 6) is -0.448. The van der Waals surface area contributed by atoms with Crippen molar-refractivity contribution in [3.05, 3.63) is 62.1 Å². The van der Waals surface area contributed by atoms with E-state index in [0.29, 0.717) is 25.2 Å². The molecule has 2 aromatic heterocycles. The third-order valence-corrected chi connectivity index (χ3v) is 5.16. The number of ether oxygens (including phenoxy) is 1. The highest BCUT2D eigenvalue weighted by molar-refractivity contribution is 14.1. The van der Waals surface area contributed by atoms with Crippen LogP contribution in [0.2, 0.25) is 0 Å². The summed E-state index contributed by atoms with van der Waals surface area (Å²) in [5, 5.41) is 13.8. The number of carbonyl (C=O) groups excluding carboxylic acids is 1. The second-order valence-electron chi connectivity index (χ2n) is 6.51. The number of hydrogen-bond donors (Lipinski definition) is 1. The first-order valence-corrected chi connectivity index (χ1v) is 10.7. The van der Waals surface area contributed by atoms with Crippen LogP contribution in [0.25, 0.3) is 11.0 Å². The van der Waals surface area contributed by atoms with Crippen molar-refractivity contribution in [3.63, 3.8) is 0 Å². The second kappa shape index (κ2) is 10.9. The minimum atomic E-state index is -0.571. The summed E-state index contributed by atoms with van der Waals surface area (Å²) in [7, 11) is 0. The Hall–Kier alpha value is -2.93. The van der Waals surface area contributed by atoms with E-state index in [-0.39, 0.29) is 29.8 Å². The van der Waals surface area contributed by atoms with Crippen LogP contribution < -0.4 is 10.1 Å². The van der Waals surface area contributed by atoms with E-state index in [0.717, 1.165) is 15.6 Å². The van der Waals surface area contributed by atoms with Crippen LogP contribution in [0.15, 0.2) is 42.7 Å². The standard InChI is InChI=1S/C20H21IN6O4/c1-2-26(10-11-31-18-4-3-7-22-19(18)27(29)30)9-8-23-20(28)17-13-24-16-12-14(21)5-6-15(16)25-17/h3-7,12-13H,2,8-11H2,1H3,(H,23,28). The van der Waals surface area contributed by atoms with E-state index in [1.807, 2.05) is 25.1 Å². The van der Waals surface area contributed by atoms with Crippen molar-refractivity contribution in [2.45, 2.75) is 6.92 Å². The van der Waals surface area contributed by atoms with Crippen molar-refractivity contribution in [3.8, 4) is 5.75 Å². The molecule has 31 heavy (non-hydrogen) atoms. The first-order chi connectivity index (χ1) is 15.0. The van der Waals surface area contributed by atoms with Gasteiger partial charge < -0.3 is 20.2 Å². The van der Waals surface area contributed by atoms with Gasteiger partial charge in [-0.2, -0.15) is 0 Å². The van der Waals surface area contributed by atoms with Crippen LogP contribution >= 0.6 is 22.6 Å². The van der Waals surface area contributed by atoms with Gasteiger partial charge in [0.05, 0.1) is 17.2 Å². The van der Waals surface area contributed by atoms with Crippen molar-refractivity contribution in [1.82, 2.24) is 25.2 Å². The summed E-state index contributed by atoms with van der Waals surface area (Å²) >= 11 is 2.20. The average Bonchev–Trinajstić information content (AvgIpc) is 2.77. The fraction of sp³-hybridized carbons (Fsp3) is 0.300. The van der Waals surface area contributed by atoms with Gasteiger partial charge in [-0.1, -0.05) is 6.92 Å². The Morgan fingerprint density at radius 3 is 2.87 bits per heavy atom. The molecule has 0 atom stereocenters. The van der Waals surface area contributed by atoms with Crippen molar-refractivity contribution in [1.29, 1.82) is 0 Å². The van der Waals surface area contributed by atoms with Crippen LogP contribution in [0.1, 0.15) is 17.4 Å². The molecule has 3 aromatic rings. The number of fused-ring (bicyclic) bond motifs is 1. The molecule has 0 spiro atoms. The summed E-state index contributed by atoms with van der Waals surface area (Å²) in [4.78, 5) is 37.3. The van der Waals surface area contributed by atoms with E-state index in [4.69, 9.17) is 4.74 Å². The van der Waals surface area contributed by atoms with Gasteiger partial charge in [-0.3, -0.25) is 14.7 Å². The molecule has 1 amide bonds. The average molecular weight is 536 g/mol. The molecule has 0 fully saturated rings. The number of nitrogens with zero attached hydrogens (tertiary/aromatic N) is 5. The number of hydrogen-bond acceptors (Lipinski definition) is 8. The van der Waals surface area contributed by atoms with Crippen LogP contribution in [0.4, 0.5) is 5.82 Å². The zero-order valence-corrected chi connectivity index (χ0v) is 19.0. The molecule has 0 unspecified atom stereocenters. The van der Waals surface area contributed by atoms with E-state index in [1.165, 1.54) is 18.5 Å². The Kier molecular flexibility index (Phi) is 8.00. The van der Waals surface area contributed by atoms with E-state index >= 15 is 0 Å². The van der Waals surface area contributed by atoms with E-state index in [9.17, 15) is 14.9 Å². The number of amides is 1. The third-order valence-electron chi connectivity index (χ3n) is 4.49. The number of nitrogens with one attached hydrogen (secondary N) is 1. The van der Waals surface area contributed by atoms with Gasteiger partial charge in [0.2, 0.25) is 5.75 Å². The van der Waals surface area contributed by atoms with Gasteiger partial charge in [-0.05, 0) is 69.4 Å². The molecule has 3 rings (SSSR count). The van der Waals surface area contributed by atoms with Gasteiger partial charge in [-0.25, -0.2) is 4.98 Å². The Morgan fingerprint density at radius 1 is 1.26 bits per heavy atom. The molecular weight excluding hydrogens is 515 g/mol. The molecular formula is C20H21IN6O4. The maximum absolute atomic E-state index is 12.4. The molecule has 1 aromatic carbocycles. The van der Waals surface area contributed by atoms with Crippen molar-refractivity contribution in [2.24, 2.45) is 0 Å². The number of benzene rings is 1. The Labute approximate surface area is 192 Å². The largest absolute Gasteiger partial charge is 0.484 e. The molecule has 10 nitrogen and oxygen atoms in total. The minimum Gasteiger partial charge on any atom is -0.484 e. The van der Waals surface area contributed by atoms with E-state index in [2.05, 4.69) is 47.8 Å². The smallest absolute Gasteiger partial charge is 0.406 e. The number of rotatable bonds is 10. The number of nitro groups is 1. The predicted octanol–water partition coefficient (Wildman–Crippen LogP) is 2.67. The van der Waals surface area contributed by atoms with Crippen LogP contribution in [0, 0.1) is 13.7 Å². The fourth-order valence-electron chi connectivity index (χ4n) is 2.86. The zero-order valence-electron chi connectivity index (χ0n) is 16.8. The van der Waals surface area contributed by atoms with Crippen LogP contribution in [0.5, 0.6) is 5.75 Å². The molecule has 1 N–H and O–H groups in total. The summed E-state index contributed by atoms with van der Waals surface area (Å²) in [6.07, 6.45) is 2.83. The van der Waals surface area contributed by atoms with Crippen molar-refractivity contribution in [2.75, 3.05) is 32.8 Å². The fourth-order valence-corrected chi connectivity index (χ4v) is 3.33. The maximum atomic E-state index is 12.4. The van der Waals surface area contributed by atoms with Gasteiger partial charge in [0.25, 0.3) is 5.91 Å². The molecule has 11 heteroatoms. The molecule has 0 aliphatic rings. The highest BCUT2D eigenvalue weighted by atomic mass is 127. The van der Waals surface area contributed by atoms with E-state index < -0.39 is 4.92 Å². The number of aromatic nitrogens is 3. The molecule has 2 heterocycles. The second-order valence-corrected chi connectivity index (χ2v) is 7.75. The monoisotopic (exact) mass is 536 g/mol. The number of likely N-dealkylation sites (N-methyl/N-ethyl adjacent to an activating group) is 1. The topological polar surface area (TPSA) is 123 Å². The highest BCUT2D eigenvalue weighted by Gasteiger charge is 2.16. The predicted molar refractivity (Wildman–Crippen MR) is 123 cm³/mol. The minimum absolute atomic E-state index is 0.140. The van der Waals surface area contributed by atoms with Gasteiger partial charge in [0.15, 0.2) is 0 Å². The van der Waals surface area contributed by atoms with Crippen LogP contribution in [-0.4, -0.2) is 63.5 Å². The van der Waals surface area contributed by atoms with E-state index in [1.54, 1.807) is 6.07 Å². The summed E-state index contributed by atoms with van der Waals surface area (Å²) < 4.78 is 6.58. The lowest BCUT2D eigenvalue weighted by molar-refractivity contribution is -0.390.